The highest BCUT2D eigenvalue weighted by Crippen LogP contribution is 2.09. The molecule has 0 aliphatic heterocycles. The Morgan fingerprint density at radius 1 is 1.67 bits per heavy atom. The molecule has 0 spiro atoms. The Hall–Kier alpha value is -2.09. The van der Waals surface area contributed by atoms with Crippen LogP contribution in [-0.4, -0.2) is 24.7 Å². The van der Waals surface area contributed by atoms with Crippen molar-refractivity contribution in [1.29, 1.82) is 5.26 Å². The summed E-state index contributed by atoms with van der Waals surface area (Å²) in [6.45, 7) is 2.05. The molecule has 0 atom stereocenters. The zero-order chi connectivity index (χ0) is 11.3. The quantitative estimate of drug-likeness (QED) is 0.734. The Bertz CT molecular complexity index is 381. The molecule has 0 saturated carbocycles. The molecule has 0 N–H and O–H groups in total. The van der Waals surface area contributed by atoms with E-state index in [2.05, 4.69) is 4.98 Å². The maximum absolute atomic E-state index is 11.3. The summed E-state index contributed by atoms with van der Waals surface area (Å²) in [4.78, 5) is 16.5. The van der Waals surface area contributed by atoms with Crippen molar-refractivity contribution >= 4 is 11.9 Å². The van der Waals surface area contributed by atoms with Crippen molar-refractivity contribution < 1.29 is 9.53 Å². The van der Waals surface area contributed by atoms with Gasteiger partial charge in [0.15, 0.2) is 0 Å². The van der Waals surface area contributed by atoms with Crippen LogP contribution in [0.5, 0.6) is 0 Å². The summed E-state index contributed by atoms with van der Waals surface area (Å²) in [6, 6.07) is 5.14. The second kappa shape index (κ2) is 4.96. The first-order valence-corrected chi connectivity index (χ1v) is 4.45. The number of carbonyl (C=O) groups is 1. The van der Waals surface area contributed by atoms with Gasteiger partial charge >= 0.3 is 6.09 Å². The van der Waals surface area contributed by atoms with Gasteiger partial charge in [0.2, 0.25) is 0 Å². The molecule has 1 rings (SSSR count). The molecule has 0 radical (unpaired) electrons. The number of aromatic nitrogens is 1. The molecule has 1 aromatic heterocycles. The molecule has 1 amide bonds. The van der Waals surface area contributed by atoms with Crippen LogP contribution in [0.3, 0.4) is 0 Å². The van der Waals surface area contributed by atoms with Crippen LogP contribution in [0.2, 0.25) is 0 Å². The van der Waals surface area contributed by atoms with Gasteiger partial charge in [0.05, 0.1) is 12.2 Å². The van der Waals surface area contributed by atoms with E-state index in [0.29, 0.717) is 18.0 Å². The van der Waals surface area contributed by atoms with Gasteiger partial charge in [-0.25, -0.2) is 9.78 Å². The van der Waals surface area contributed by atoms with Crippen LogP contribution in [0.1, 0.15) is 12.5 Å². The normalized spacial score (nSPS) is 9.13. The average molecular weight is 205 g/mol. The highest BCUT2D eigenvalue weighted by molar-refractivity contribution is 5.85. The van der Waals surface area contributed by atoms with Crippen molar-refractivity contribution in [3.8, 4) is 6.07 Å². The number of nitrogens with zero attached hydrogens (tertiary/aromatic N) is 3. The number of nitriles is 1. The largest absolute Gasteiger partial charge is 0.449 e. The molecular weight excluding hydrogens is 194 g/mol. The van der Waals surface area contributed by atoms with Crippen LogP contribution < -0.4 is 4.90 Å². The minimum Gasteiger partial charge on any atom is -0.449 e. The molecule has 0 aliphatic carbocycles. The third-order valence-electron chi connectivity index (χ3n) is 1.76. The molecule has 78 valence electrons. The molecule has 0 saturated heterocycles. The lowest BCUT2D eigenvalue weighted by Crippen LogP contribution is -2.27. The molecule has 5 nitrogen and oxygen atoms in total. The first-order valence-electron chi connectivity index (χ1n) is 4.45. The van der Waals surface area contributed by atoms with Crippen molar-refractivity contribution in [1.82, 2.24) is 4.98 Å². The molecule has 5 heteroatoms. The van der Waals surface area contributed by atoms with Gasteiger partial charge in [-0.2, -0.15) is 5.26 Å². The zero-order valence-corrected chi connectivity index (χ0v) is 8.60. The van der Waals surface area contributed by atoms with Crippen molar-refractivity contribution in [2.24, 2.45) is 0 Å². The standard InChI is InChI=1S/C10H11N3O2/c1-3-15-10(14)13(2)9-5-4-8(6-11)7-12-9/h4-5,7H,3H2,1-2H3. The summed E-state index contributed by atoms with van der Waals surface area (Å²) in [5.41, 5.74) is 0.455. The lowest BCUT2D eigenvalue weighted by atomic mass is 10.3. The van der Waals surface area contributed by atoms with Crippen molar-refractivity contribution in [3.05, 3.63) is 23.9 Å². The lowest BCUT2D eigenvalue weighted by molar-refractivity contribution is 0.161. The van der Waals surface area contributed by atoms with Gasteiger partial charge in [0, 0.05) is 13.2 Å². The molecule has 0 aromatic carbocycles. The first kappa shape index (κ1) is 11.0. The van der Waals surface area contributed by atoms with Crippen LogP contribution in [0.25, 0.3) is 0 Å². The third kappa shape index (κ3) is 2.68. The van der Waals surface area contributed by atoms with Gasteiger partial charge in [-0.15, -0.1) is 0 Å². The van der Waals surface area contributed by atoms with Gasteiger partial charge in [-0.3, -0.25) is 4.90 Å². The van der Waals surface area contributed by atoms with E-state index < -0.39 is 6.09 Å². The fourth-order valence-corrected chi connectivity index (χ4v) is 0.964. The molecule has 0 bridgehead atoms. The number of anilines is 1. The fourth-order valence-electron chi connectivity index (χ4n) is 0.964. The monoisotopic (exact) mass is 205 g/mol. The predicted octanol–water partition coefficient (Wildman–Crippen LogP) is 1.55. The van der Waals surface area contributed by atoms with Gasteiger partial charge in [-0.1, -0.05) is 0 Å². The highest BCUT2D eigenvalue weighted by Gasteiger charge is 2.12. The van der Waals surface area contributed by atoms with Crippen molar-refractivity contribution in [2.45, 2.75) is 6.92 Å². The number of carbonyl (C=O) groups excluding carboxylic acids is 1. The van der Waals surface area contributed by atoms with Gasteiger partial charge in [0.25, 0.3) is 0 Å². The molecular formula is C10H11N3O2. The number of pyridine rings is 1. The minimum atomic E-state index is -0.463. The molecule has 1 heterocycles. The third-order valence-corrected chi connectivity index (χ3v) is 1.76. The average Bonchev–Trinajstić information content (AvgIpc) is 2.28. The second-order valence-corrected chi connectivity index (χ2v) is 2.77. The van der Waals surface area contributed by atoms with E-state index in [0.717, 1.165) is 0 Å². The Labute approximate surface area is 87.9 Å². The summed E-state index contributed by atoms with van der Waals surface area (Å²) >= 11 is 0. The SMILES string of the molecule is CCOC(=O)N(C)c1ccc(C#N)cn1. The molecule has 15 heavy (non-hydrogen) atoms. The molecule has 0 fully saturated rings. The van der Waals surface area contributed by atoms with Crippen LogP contribution in [0.4, 0.5) is 10.6 Å². The molecule has 0 unspecified atom stereocenters. The van der Waals surface area contributed by atoms with Crippen molar-refractivity contribution in [3.63, 3.8) is 0 Å². The Balaban J connectivity index is 2.79. The van der Waals surface area contributed by atoms with Crippen LogP contribution >= 0.6 is 0 Å². The minimum absolute atomic E-state index is 0.319. The number of rotatable bonds is 2. The Kier molecular flexibility index (Phi) is 3.63. The maximum Gasteiger partial charge on any atom is 0.415 e. The van der Waals surface area contributed by atoms with E-state index in [9.17, 15) is 4.79 Å². The van der Waals surface area contributed by atoms with Gasteiger partial charge < -0.3 is 4.74 Å². The van der Waals surface area contributed by atoms with Gasteiger partial charge in [0.1, 0.15) is 11.9 Å². The van der Waals surface area contributed by atoms with Gasteiger partial charge in [-0.05, 0) is 19.1 Å². The smallest absolute Gasteiger partial charge is 0.415 e. The predicted molar refractivity (Wildman–Crippen MR) is 54.4 cm³/mol. The maximum atomic E-state index is 11.3. The van der Waals surface area contributed by atoms with Crippen LogP contribution in [-0.2, 0) is 4.74 Å². The van der Waals surface area contributed by atoms with E-state index >= 15 is 0 Å². The Morgan fingerprint density at radius 3 is 2.87 bits per heavy atom. The summed E-state index contributed by atoms with van der Waals surface area (Å²) in [7, 11) is 1.56. The molecule has 0 aliphatic rings. The van der Waals surface area contributed by atoms with E-state index in [-0.39, 0.29) is 0 Å². The zero-order valence-electron chi connectivity index (χ0n) is 8.60. The lowest BCUT2D eigenvalue weighted by Gasteiger charge is -2.14. The van der Waals surface area contributed by atoms with E-state index in [1.54, 1.807) is 26.1 Å². The Morgan fingerprint density at radius 2 is 2.40 bits per heavy atom. The van der Waals surface area contributed by atoms with Crippen molar-refractivity contribution in [2.75, 3.05) is 18.6 Å². The van der Waals surface area contributed by atoms with E-state index in [4.69, 9.17) is 10.00 Å². The number of hydrogen-bond acceptors (Lipinski definition) is 4. The number of amides is 1. The first-order chi connectivity index (χ1) is 7.19. The van der Waals surface area contributed by atoms with Crippen LogP contribution in [0.15, 0.2) is 18.3 Å². The number of hydrogen-bond donors (Lipinski definition) is 0. The van der Waals surface area contributed by atoms with Crippen LogP contribution in [0, 0.1) is 11.3 Å². The summed E-state index contributed by atoms with van der Waals surface area (Å²) in [5, 5.41) is 8.57. The van der Waals surface area contributed by atoms with E-state index in [1.807, 2.05) is 6.07 Å². The van der Waals surface area contributed by atoms with E-state index in [1.165, 1.54) is 11.1 Å². The highest BCUT2D eigenvalue weighted by atomic mass is 16.6. The summed E-state index contributed by atoms with van der Waals surface area (Å²) in [6.07, 6.45) is 0.945. The molecule has 1 aromatic rings. The second-order valence-electron chi connectivity index (χ2n) is 2.77. The summed E-state index contributed by atoms with van der Waals surface area (Å²) < 4.78 is 4.80. The topological polar surface area (TPSA) is 66.2 Å². The number of ether oxygens (including phenoxy) is 1. The summed E-state index contributed by atoms with van der Waals surface area (Å²) in [5.74, 6) is 0.451. The fraction of sp³-hybridized carbons (Fsp3) is 0.300.